The van der Waals surface area contributed by atoms with Crippen molar-refractivity contribution in [2.45, 2.75) is 13.3 Å². The van der Waals surface area contributed by atoms with Crippen molar-refractivity contribution in [1.29, 1.82) is 0 Å². The van der Waals surface area contributed by atoms with Gasteiger partial charge in [-0.2, -0.15) is 0 Å². The van der Waals surface area contributed by atoms with Crippen LogP contribution in [0.2, 0.25) is 0 Å². The molecular weight excluding hydrogens is 172 g/mol. The van der Waals surface area contributed by atoms with Gasteiger partial charge in [0.1, 0.15) is 0 Å². The van der Waals surface area contributed by atoms with E-state index in [0.29, 0.717) is 6.42 Å². The normalized spacial score (nSPS) is 27.2. The Morgan fingerprint density at radius 2 is 2.00 bits per heavy atom. The van der Waals surface area contributed by atoms with Gasteiger partial charge in [0.15, 0.2) is 5.78 Å². The highest BCUT2D eigenvalue weighted by molar-refractivity contribution is 5.93. The highest BCUT2D eigenvalue weighted by Gasteiger charge is 1.99. The van der Waals surface area contributed by atoms with Crippen LogP contribution in [0.15, 0.2) is 60.3 Å². The van der Waals surface area contributed by atoms with Crippen LogP contribution in [-0.4, -0.2) is 5.78 Å². The van der Waals surface area contributed by atoms with Gasteiger partial charge in [0, 0.05) is 0 Å². The molecule has 0 aromatic rings. The monoisotopic (exact) mass is 186 g/mol. The van der Waals surface area contributed by atoms with Crippen LogP contribution in [0.25, 0.3) is 0 Å². The molecule has 0 bridgehead atoms. The topological polar surface area (TPSA) is 17.1 Å². The summed E-state index contributed by atoms with van der Waals surface area (Å²) >= 11 is 0. The summed E-state index contributed by atoms with van der Waals surface area (Å²) < 4.78 is 0. The number of ketones is 1. The van der Waals surface area contributed by atoms with Crippen molar-refractivity contribution >= 4 is 5.78 Å². The molecule has 72 valence electrons. The van der Waals surface area contributed by atoms with E-state index in [9.17, 15) is 4.79 Å². The van der Waals surface area contributed by atoms with Crippen LogP contribution < -0.4 is 0 Å². The molecule has 0 saturated carbocycles. The van der Waals surface area contributed by atoms with Crippen LogP contribution in [0.4, 0.5) is 0 Å². The standard InChI is InChI=1S/C13H14O/c1-11-7-4-3-5-9-13(12(2)14)10-6-8-11/h3-8,10H,1,9H2,2H3/b5-3-,7-4-,8-6-,13-10+. The first-order valence-electron chi connectivity index (χ1n) is 4.60. The van der Waals surface area contributed by atoms with Gasteiger partial charge in [-0.05, 0) is 24.5 Å². The Morgan fingerprint density at radius 3 is 2.71 bits per heavy atom. The average molecular weight is 186 g/mol. The second-order valence-corrected chi connectivity index (χ2v) is 3.17. The molecule has 0 fully saturated rings. The Bertz CT molecular complexity index is 351. The summed E-state index contributed by atoms with van der Waals surface area (Å²) in [4.78, 5) is 11.2. The van der Waals surface area contributed by atoms with E-state index < -0.39 is 0 Å². The van der Waals surface area contributed by atoms with E-state index in [1.165, 1.54) is 0 Å². The summed E-state index contributed by atoms with van der Waals surface area (Å²) in [6.07, 6.45) is 14.0. The third-order valence-electron chi connectivity index (χ3n) is 1.96. The number of hydrogen-bond acceptors (Lipinski definition) is 1. The van der Waals surface area contributed by atoms with Gasteiger partial charge < -0.3 is 0 Å². The molecule has 0 spiro atoms. The molecule has 1 rings (SSSR count). The van der Waals surface area contributed by atoms with E-state index in [1.54, 1.807) is 6.92 Å². The molecule has 0 aliphatic heterocycles. The zero-order valence-corrected chi connectivity index (χ0v) is 8.36. The summed E-state index contributed by atoms with van der Waals surface area (Å²) in [6, 6.07) is 0. The summed E-state index contributed by atoms with van der Waals surface area (Å²) in [5.41, 5.74) is 1.75. The fraction of sp³-hybridized carbons (Fsp3) is 0.154. The van der Waals surface area contributed by atoms with Gasteiger partial charge >= 0.3 is 0 Å². The molecule has 0 unspecified atom stereocenters. The summed E-state index contributed by atoms with van der Waals surface area (Å²) in [5.74, 6) is 0.120. The van der Waals surface area contributed by atoms with Gasteiger partial charge in [-0.3, -0.25) is 4.79 Å². The fourth-order valence-corrected chi connectivity index (χ4v) is 1.13. The van der Waals surface area contributed by atoms with E-state index in [4.69, 9.17) is 0 Å². The van der Waals surface area contributed by atoms with Crippen molar-refractivity contribution < 1.29 is 4.79 Å². The highest BCUT2D eigenvalue weighted by Crippen LogP contribution is 2.07. The molecule has 0 saturated heterocycles. The Hall–Kier alpha value is -1.63. The summed E-state index contributed by atoms with van der Waals surface area (Å²) in [7, 11) is 0. The van der Waals surface area contributed by atoms with E-state index in [2.05, 4.69) is 6.58 Å². The highest BCUT2D eigenvalue weighted by atomic mass is 16.1. The van der Waals surface area contributed by atoms with Crippen LogP contribution in [0.5, 0.6) is 0 Å². The number of Topliss-reactive ketones (excluding diaryl/α,β-unsaturated/α-hetero) is 1. The Kier molecular flexibility index (Phi) is 3.86. The van der Waals surface area contributed by atoms with Crippen LogP contribution in [0, 0.1) is 0 Å². The maximum absolute atomic E-state index is 11.2. The van der Waals surface area contributed by atoms with Gasteiger partial charge in [-0.15, -0.1) is 0 Å². The van der Waals surface area contributed by atoms with Gasteiger partial charge in [0.2, 0.25) is 0 Å². The van der Waals surface area contributed by atoms with E-state index >= 15 is 0 Å². The van der Waals surface area contributed by atoms with E-state index in [-0.39, 0.29) is 5.78 Å². The molecular formula is C13H14O. The first-order chi connectivity index (χ1) is 6.70. The molecule has 14 heavy (non-hydrogen) atoms. The molecule has 0 aromatic carbocycles. The van der Waals surface area contributed by atoms with Crippen LogP contribution in [-0.2, 0) is 4.79 Å². The van der Waals surface area contributed by atoms with Gasteiger partial charge in [0.25, 0.3) is 0 Å². The van der Waals surface area contributed by atoms with E-state index in [1.807, 2.05) is 42.5 Å². The van der Waals surface area contributed by atoms with Gasteiger partial charge in [-0.1, -0.05) is 49.1 Å². The fourth-order valence-electron chi connectivity index (χ4n) is 1.13. The Morgan fingerprint density at radius 1 is 1.29 bits per heavy atom. The number of rotatable bonds is 1. The molecule has 1 aliphatic carbocycles. The van der Waals surface area contributed by atoms with Crippen LogP contribution in [0.3, 0.4) is 0 Å². The number of carbonyl (C=O) groups is 1. The van der Waals surface area contributed by atoms with Crippen molar-refractivity contribution in [3.63, 3.8) is 0 Å². The third-order valence-corrected chi connectivity index (χ3v) is 1.96. The summed E-state index contributed by atoms with van der Waals surface area (Å²) in [5, 5.41) is 0. The Labute approximate surface area is 84.8 Å². The predicted octanol–water partition coefficient (Wildman–Crippen LogP) is 3.13. The molecule has 1 heteroatoms. The first-order valence-corrected chi connectivity index (χ1v) is 4.60. The van der Waals surface area contributed by atoms with Crippen molar-refractivity contribution in [2.75, 3.05) is 0 Å². The van der Waals surface area contributed by atoms with Crippen molar-refractivity contribution in [3.8, 4) is 0 Å². The molecule has 0 heterocycles. The number of allylic oxidation sites excluding steroid dienone is 9. The zero-order chi connectivity index (χ0) is 10.4. The van der Waals surface area contributed by atoms with Crippen molar-refractivity contribution in [3.05, 3.63) is 60.3 Å². The molecule has 0 atom stereocenters. The molecule has 0 amide bonds. The molecule has 0 aromatic heterocycles. The second kappa shape index (κ2) is 5.18. The first kappa shape index (κ1) is 10.5. The lowest BCUT2D eigenvalue weighted by Gasteiger charge is -1.98. The zero-order valence-electron chi connectivity index (χ0n) is 8.36. The molecule has 1 nitrogen and oxygen atoms in total. The van der Waals surface area contributed by atoms with Gasteiger partial charge in [0.05, 0.1) is 0 Å². The lowest BCUT2D eigenvalue weighted by molar-refractivity contribution is -0.113. The maximum atomic E-state index is 11.2. The molecule has 1 aliphatic rings. The second-order valence-electron chi connectivity index (χ2n) is 3.17. The van der Waals surface area contributed by atoms with Crippen LogP contribution in [0.1, 0.15) is 13.3 Å². The maximum Gasteiger partial charge on any atom is 0.156 e. The average Bonchev–Trinajstić information content (AvgIpc) is 2.15. The minimum atomic E-state index is 0.120. The van der Waals surface area contributed by atoms with Crippen molar-refractivity contribution in [1.82, 2.24) is 0 Å². The minimum absolute atomic E-state index is 0.120. The SMILES string of the molecule is C=C1/C=C\C=C/C/C(C(C)=O)=C\C=C/1. The summed E-state index contributed by atoms with van der Waals surface area (Å²) in [6.45, 7) is 5.42. The van der Waals surface area contributed by atoms with Gasteiger partial charge in [-0.25, -0.2) is 0 Å². The quantitative estimate of drug-likeness (QED) is 0.615. The molecule has 0 N–H and O–H groups in total. The number of hydrogen-bond donors (Lipinski definition) is 0. The minimum Gasteiger partial charge on any atom is -0.295 e. The van der Waals surface area contributed by atoms with E-state index in [0.717, 1.165) is 11.1 Å². The third kappa shape index (κ3) is 3.40. The van der Waals surface area contributed by atoms with Crippen molar-refractivity contribution in [2.24, 2.45) is 0 Å². The lowest BCUT2D eigenvalue weighted by Crippen LogP contribution is -1.94. The number of carbonyl (C=O) groups excluding carboxylic acids is 1. The lowest BCUT2D eigenvalue weighted by atomic mass is 10.1. The largest absolute Gasteiger partial charge is 0.295 e. The Balaban J connectivity index is 2.90. The molecule has 0 radical (unpaired) electrons. The predicted molar refractivity (Wildman–Crippen MR) is 59.9 cm³/mol. The van der Waals surface area contributed by atoms with Crippen LogP contribution >= 0.6 is 0 Å². The smallest absolute Gasteiger partial charge is 0.156 e.